The summed E-state index contributed by atoms with van der Waals surface area (Å²) < 4.78 is 0. The Morgan fingerprint density at radius 1 is 1.11 bits per heavy atom. The summed E-state index contributed by atoms with van der Waals surface area (Å²) in [5.41, 5.74) is 3.50. The highest BCUT2D eigenvalue weighted by Gasteiger charge is 2.28. The number of thiophene rings is 1. The Morgan fingerprint density at radius 3 is 2.32 bits per heavy atom. The molecule has 28 heavy (non-hydrogen) atoms. The van der Waals surface area contributed by atoms with E-state index in [1.807, 2.05) is 0 Å². The molecule has 0 aliphatic carbocycles. The van der Waals surface area contributed by atoms with Crippen LogP contribution in [0.2, 0.25) is 0 Å². The number of anilines is 1. The number of amides is 2. The molecule has 1 saturated heterocycles. The molecule has 150 valence electrons. The van der Waals surface area contributed by atoms with Gasteiger partial charge in [-0.2, -0.15) is 11.3 Å². The van der Waals surface area contributed by atoms with Gasteiger partial charge in [0, 0.05) is 31.9 Å². The second-order valence-corrected chi connectivity index (χ2v) is 7.61. The molecular formula is C20H25N3O4S. The predicted octanol–water partition coefficient (Wildman–Crippen LogP) is 1.56. The maximum Gasteiger partial charge on any atom is 0.318 e. The second-order valence-electron chi connectivity index (χ2n) is 6.83. The van der Waals surface area contributed by atoms with E-state index in [1.165, 1.54) is 18.1 Å². The number of hydrogen-bond acceptors (Lipinski definition) is 6. The smallest absolute Gasteiger partial charge is 0.318 e. The average Bonchev–Trinajstić information content (AvgIpc) is 3.26. The van der Waals surface area contributed by atoms with Gasteiger partial charge in [0.15, 0.2) is 5.78 Å². The monoisotopic (exact) mass is 403 g/mol. The Labute approximate surface area is 168 Å². The van der Waals surface area contributed by atoms with Gasteiger partial charge in [-0.05, 0) is 47.0 Å². The van der Waals surface area contributed by atoms with Crippen LogP contribution in [0.5, 0.6) is 0 Å². The van der Waals surface area contributed by atoms with Gasteiger partial charge in [-0.15, -0.1) is 0 Å². The van der Waals surface area contributed by atoms with Gasteiger partial charge < -0.3 is 25.3 Å². The summed E-state index contributed by atoms with van der Waals surface area (Å²) in [7, 11) is 0. The van der Waals surface area contributed by atoms with Gasteiger partial charge in [0.1, 0.15) is 12.6 Å². The number of carbonyl (C=O) groups is 2. The molecule has 1 aliphatic heterocycles. The molecule has 1 fully saturated rings. The average molecular weight is 404 g/mol. The minimum Gasteiger partial charge on any atom is -0.391 e. The highest BCUT2D eigenvalue weighted by atomic mass is 32.1. The summed E-state index contributed by atoms with van der Waals surface area (Å²) in [6, 6.07) is 8.98. The van der Waals surface area contributed by atoms with E-state index < -0.39 is 30.6 Å². The number of nitrogens with one attached hydrogen (secondary N) is 1. The van der Waals surface area contributed by atoms with E-state index in [1.54, 1.807) is 16.2 Å². The zero-order valence-electron chi connectivity index (χ0n) is 15.7. The van der Waals surface area contributed by atoms with Gasteiger partial charge in [0.05, 0.1) is 6.10 Å². The quantitative estimate of drug-likeness (QED) is 0.681. The molecule has 2 aromatic rings. The Morgan fingerprint density at radius 2 is 1.79 bits per heavy atom. The van der Waals surface area contributed by atoms with Crippen molar-refractivity contribution in [1.82, 2.24) is 10.2 Å². The molecule has 0 bridgehead atoms. The Bertz CT molecular complexity index is 784. The van der Waals surface area contributed by atoms with E-state index in [-0.39, 0.29) is 0 Å². The molecule has 3 N–H and O–H groups in total. The largest absolute Gasteiger partial charge is 0.391 e. The zero-order chi connectivity index (χ0) is 20.1. The first-order chi connectivity index (χ1) is 13.5. The topological polar surface area (TPSA) is 93.1 Å². The van der Waals surface area contributed by atoms with Gasteiger partial charge in [-0.3, -0.25) is 4.79 Å². The summed E-state index contributed by atoms with van der Waals surface area (Å²) in [5, 5.41) is 25.4. The maximum atomic E-state index is 12.4. The molecular weight excluding hydrogens is 378 g/mol. The summed E-state index contributed by atoms with van der Waals surface area (Å²) in [6.07, 6.45) is -1.06. The zero-order valence-corrected chi connectivity index (χ0v) is 16.6. The molecule has 1 aromatic carbocycles. The Kier molecular flexibility index (Phi) is 6.66. The van der Waals surface area contributed by atoms with Crippen LogP contribution in [0.4, 0.5) is 10.5 Å². The van der Waals surface area contributed by atoms with Crippen LogP contribution in [0, 0.1) is 0 Å². The van der Waals surface area contributed by atoms with Crippen LogP contribution in [0.1, 0.15) is 6.92 Å². The first kappa shape index (κ1) is 20.3. The van der Waals surface area contributed by atoms with Crippen LogP contribution in [-0.2, 0) is 4.79 Å². The Balaban J connectivity index is 1.55. The lowest BCUT2D eigenvalue weighted by Crippen LogP contribution is -2.57. The molecule has 7 nitrogen and oxygen atoms in total. The summed E-state index contributed by atoms with van der Waals surface area (Å²) in [4.78, 5) is 27.9. The predicted molar refractivity (Wildman–Crippen MR) is 110 cm³/mol. The maximum absolute atomic E-state index is 12.4. The summed E-state index contributed by atoms with van der Waals surface area (Å²) in [6.45, 7) is 3.08. The van der Waals surface area contributed by atoms with E-state index in [0.29, 0.717) is 26.2 Å². The van der Waals surface area contributed by atoms with Gasteiger partial charge in [0.2, 0.25) is 0 Å². The van der Waals surface area contributed by atoms with Crippen LogP contribution >= 0.6 is 11.3 Å². The van der Waals surface area contributed by atoms with Crippen LogP contribution in [0.25, 0.3) is 11.1 Å². The summed E-state index contributed by atoms with van der Waals surface area (Å²) >= 11 is 1.67. The fourth-order valence-corrected chi connectivity index (χ4v) is 3.92. The molecule has 2 amide bonds. The van der Waals surface area contributed by atoms with Crippen molar-refractivity contribution in [3.05, 3.63) is 41.1 Å². The number of carbonyl (C=O) groups excluding carboxylic acids is 2. The Hall–Kier alpha value is -2.42. The fourth-order valence-electron chi connectivity index (χ4n) is 3.25. The number of urea groups is 1. The van der Waals surface area contributed by atoms with Crippen molar-refractivity contribution in [1.29, 1.82) is 0 Å². The molecule has 1 aliphatic rings. The highest BCUT2D eigenvalue weighted by molar-refractivity contribution is 7.08. The van der Waals surface area contributed by atoms with E-state index in [2.05, 4.69) is 51.3 Å². The highest BCUT2D eigenvalue weighted by Crippen LogP contribution is 2.25. The number of aliphatic hydroxyl groups excluding tert-OH is 2. The van der Waals surface area contributed by atoms with Crippen LogP contribution < -0.4 is 10.2 Å². The van der Waals surface area contributed by atoms with Crippen molar-refractivity contribution in [2.75, 3.05) is 37.7 Å². The number of hydrogen-bond donors (Lipinski definition) is 3. The van der Waals surface area contributed by atoms with E-state index in [4.69, 9.17) is 5.11 Å². The lowest BCUT2D eigenvalue weighted by Gasteiger charge is -2.37. The molecule has 2 heterocycles. The molecule has 3 rings (SSSR count). The number of Topliss-reactive ketones (excluding diaryl/α,β-unsaturated/α-hetero) is 1. The minimum atomic E-state index is -1.10. The molecule has 0 unspecified atom stereocenters. The SMILES string of the molecule is C[C@H](O)[C@@H](NC(=O)N1CCN(c2ccc(-c3ccsc3)cc2)CC1)C(=O)CO. The second kappa shape index (κ2) is 9.18. The van der Waals surface area contributed by atoms with E-state index in [9.17, 15) is 14.7 Å². The van der Waals surface area contributed by atoms with Crippen molar-refractivity contribution in [2.45, 2.75) is 19.1 Å². The van der Waals surface area contributed by atoms with Gasteiger partial charge in [0.25, 0.3) is 0 Å². The molecule has 2 atom stereocenters. The van der Waals surface area contributed by atoms with Crippen molar-refractivity contribution in [3.8, 4) is 11.1 Å². The lowest BCUT2D eigenvalue weighted by atomic mass is 10.1. The third-order valence-corrected chi connectivity index (χ3v) is 5.60. The van der Waals surface area contributed by atoms with Gasteiger partial charge in [-0.25, -0.2) is 4.79 Å². The standard InChI is InChI=1S/C20H25N3O4S/c1-14(25)19(18(26)12-24)21-20(27)23-9-7-22(8-10-23)17-4-2-15(3-5-17)16-6-11-28-13-16/h2-6,11,13-14,19,24-25H,7-10,12H2,1H3,(H,21,27)/t14-,19+/m0/s1. The minimum absolute atomic E-state index is 0.403. The normalized spacial score (nSPS) is 16.5. The third kappa shape index (κ3) is 4.70. The van der Waals surface area contributed by atoms with E-state index >= 15 is 0 Å². The molecule has 0 spiro atoms. The van der Waals surface area contributed by atoms with Crippen molar-refractivity contribution >= 4 is 28.8 Å². The van der Waals surface area contributed by atoms with Crippen LogP contribution in [0.15, 0.2) is 41.1 Å². The molecule has 0 saturated carbocycles. The van der Waals surface area contributed by atoms with E-state index in [0.717, 1.165) is 5.69 Å². The van der Waals surface area contributed by atoms with Crippen LogP contribution in [0.3, 0.4) is 0 Å². The van der Waals surface area contributed by atoms with Crippen molar-refractivity contribution in [2.24, 2.45) is 0 Å². The number of piperazine rings is 1. The first-order valence-corrected chi connectivity index (χ1v) is 10.2. The fraction of sp³-hybridized carbons (Fsp3) is 0.400. The van der Waals surface area contributed by atoms with Crippen LogP contribution in [-0.4, -0.2) is 71.9 Å². The number of nitrogens with zero attached hydrogens (tertiary/aromatic N) is 2. The number of ketones is 1. The van der Waals surface area contributed by atoms with Crippen molar-refractivity contribution in [3.63, 3.8) is 0 Å². The van der Waals surface area contributed by atoms with Crippen molar-refractivity contribution < 1.29 is 19.8 Å². The molecule has 0 radical (unpaired) electrons. The molecule has 1 aromatic heterocycles. The first-order valence-electron chi connectivity index (χ1n) is 9.24. The van der Waals surface area contributed by atoms with Gasteiger partial charge in [-0.1, -0.05) is 12.1 Å². The number of rotatable bonds is 6. The molecule has 8 heteroatoms. The number of benzene rings is 1. The lowest BCUT2D eigenvalue weighted by molar-refractivity contribution is -0.125. The van der Waals surface area contributed by atoms with Gasteiger partial charge >= 0.3 is 6.03 Å². The number of aliphatic hydroxyl groups is 2. The third-order valence-electron chi connectivity index (χ3n) is 4.92. The summed E-state index contributed by atoms with van der Waals surface area (Å²) in [5.74, 6) is -0.604.